The van der Waals surface area contributed by atoms with Crippen LogP contribution < -0.4 is 16.6 Å². The van der Waals surface area contributed by atoms with Gasteiger partial charge in [0, 0.05) is 12.1 Å². The molecule has 1 amide bonds. The van der Waals surface area contributed by atoms with Crippen molar-refractivity contribution in [3.05, 3.63) is 46.4 Å². The average molecular weight is 365 g/mol. The van der Waals surface area contributed by atoms with Crippen LogP contribution in [0.4, 0.5) is 0 Å². The normalized spacial score (nSPS) is 27.7. The minimum atomic E-state index is -0.215. The van der Waals surface area contributed by atoms with E-state index in [4.69, 9.17) is 5.73 Å². The first kappa shape index (κ1) is 16.5. The van der Waals surface area contributed by atoms with E-state index in [0.29, 0.717) is 33.9 Å². The summed E-state index contributed by atoms with van der Waals surface area (Å²) in [6, 6.07) is 7.66. The second kappa shape index (κ2) is 6.20. The molecule has 2 heterocycles. The second-order valence-corrected chi connectivity index (χ2v) is 7.97. The summed E-state index contributed by atoms with van der Waals surface area (Å²) in [7, 11) is 0. The molecule has 2 bridgehead atoms. The van der Waals surface area contributed by atoms with Gasteiger partial charge in [-0.25, -0.2) is 4.52 Å². The van der Waals surface area contributed by atoms with Gasteiger partial charge in [-0.2, -0.15) is 5.10 Å². The van der Waals surface area contributed by atoms with Gasteiger partial charge in [0.1, 0.15) is 11.2 Å². The Labute approximate surface area is 155 Å². The lowest BCUT2D eigenvalue weighted by atomic mass is 9.67. The highest BCUT2D eigenvalue weighted by molar-refractivity contribution is 6.00. The number of nitrogens with two attached hydrogens (primary N) is 1. The van der Waals surface area contributed by atoms with Crippen LogP contribution in [0.5, 0.6) is 0 Å². The Morgan fingerprint density at radius 1 is 1.22 bits per heavy atom. The van der Waals surface area contributed by atoms with Gasteiger partial charge in [0.05, 0.1) is 17.1 Å². The van der Waals surface area contributed by atoms with E-state index in [1.165, 1.54) is 12.6 Å². The number of fused-ring (bicyclic) bond motifs is 5. The fraction of sp³-hybridized carbons (Fsp3) is 0.450. The Morgan fingerprint density at radius 3 is 2.74 bits per heavy atom. The molecule has 140 valence electrons. The van der Waals surface area contributed by atoms with Crippen molar-refractivity contribution in [3.63, 3.8) is 0 Å². The van der Waals surface area contributed by atoms with E-state index in [9.17, 15) is 9.59 Å². The number of benzene rings is 1. The molecule has 2 aromatic heterocycles. The molecule has 0 spiro atoms. The minimum absolute atomic E-state index is 0.160. The minimum Gasteiger partial charge on any atom is -0.349 e. The van der Waals surface area contributed by atoms with Gasteiger partial charge in [0.2, 0.25) is 0 Å². The zero-order valence-corrected chi connectivity index (χ0v) is 15.0. The van der Waals surface area contributed by atoms with Gasteiger partial charge in [-0.3, -0.25) is 9.59 Å². The molecule has 3 aromatic rings. The predicted molar refractivity (Wildman–Crippen MR) is 103 cm³/mol. The van der Waals surface area contributed by atoms with Crippen molar-refractivity contribution in [1.29, 1.82) is 0 Å². The lowest BCUT2D eigenvalue weighted by Crippen LogP contribution is -2.53. The molecule has 5 rings (SSSR count). The van der Waals surface area contributed by atoms with Crippen molar-refractivity contribution in [1.82, 2.24) is 19.9 Å². The Bertz CT molecular complexity index is 1070. The smallest absolute Gasteiger partial charge is 0.259 e. The number of hydrogen-bond donors (Lipinski definition) is 3. The van der Waals surface area contributed by atoms with Crippen LogP contribution in [0.15, 0.2) is 35.3 Å². The third-order valence-electron chi connectivity index (χ3n) is 6.30. The van der Waals surface area contributed by atoms with Crippen LogP contribution in [-0.2, 0) is 0 Å². The number of carbonyl (C=O) groups excluding carboxylic acids is 1. The first-order valence-electron chi connectivity index (χ1n) is 9.67. The van der Waals surface area contributed by atoms with Crippen LogP contribution in [0.25, 0.3) is 16.6 Å². The summed E-state index contributed by atoms with van der Waals surface area (Å²) in [5.74, 6) is 0.713. The zero-order chi connectivity index (χ0) is 18.5. The summed E-state index contributed by atoms with van der Waals surface area (Å²) in [5, 5.41) is 8.14. The predicted octanol–water partition coefficient (Wildman–Crippen LogP) is 1.81. The molecule has 0 saturated heterocycles. The zero-order valence-electron chi connectivity index (χ0n) is 15.0. The summed E-state index contributed by atoms with van der Waals surface area (Å²) in [5.41, 5.74) is 7.51. The summed E-state index contributed by atoms with van der Waals surface area (Å²) in [6.45, 7) is 0. The number of H-pyrrole nitrogens is 1. The average Bonchev–Trinajstić information content (AvgIpc) is 3.07. The lowest BCUT2D eigenvalue weighted by molar-refractivity contribution is 0.0757. The molecule has 0 aliphatic heterocycles. The lowest BCUT2D eigenvalue weighted by Gasteiger charge is -2.45. The highest BCUT2D eigenvalue weighted by atomic mass is 16.2. The van der Waals surface area contributed by atoms with Crippen LogP contribution in [0, 0.1) is 11.8 Å². The highest BCUT2D eigenvalue weighted by Gasteiger charge is 2.40. The van der Waals surface area contributed by atoms with E-state index < -0.39 is 0 Å². The maximum atomic E-state index is 13.0. The number of nitrogens with one attached hydrogen (secondary N) is 2. The Kier molecular flexibility index (Phi) is 3.79. The molecule has 1 aromatic carbocycles. The Morgan fingerprint density at radius 2 is 1.96 bits per heavy atom. The monoisotopic (exact) mass is 365 g/mol. The molecular formula is C20H23N5O2. The molecule has 2 unspecified atom stereocenters. The van der Waals surface area contributed by atoms with Gasteiger partial charge in [0.15, 0.2) is 0 Å². The van der Waals surface area contributed by atoms with E-state index in [-0.39, 0.29) is 23.6 Å². The maximum absolute atomic E-state index is 13.0. The van der Waals surface area contributed by atoms with Crippen molar-refractivity contribution < 1.29 is 4.79 Å². The molecule has 2 saturated carbocycles. The number of rotatable bonds is 2. The quantitative estimate of drug-likeness (QED) is 0.644. The number of aromatic amines is 1. The van der Waals surface area contributed by atoms with Crippen molar-refractivity contribution in [2.24, 2.45) is 17.6 Å². The number of amides is 1. The number of carbonyl (C=O) groups is 1. The van der Waals surface area contributed by atoms with E-state index in [2.05, 4.69) is 15.4 Å². The van der Waals surface area contributed by atoms with E-state index >= 15 is 0 Å². The molecule has 2 atom stereocenters. The summed E-state index contributed by atoms with van der Waals surface area (Å²) in [6.07, 6.45) is 6.92. The van der Waals surface area contributed by atoms with Crippen LogP contribution in [0.2, 0.25) is 0 Å². The molecule has 2 fully saturated rings. The first-order chi connectivity index (χ1) is 13.1. The first-order valence-corrected chi connectivity index (χ1v) is 9.67. The highest BCUT2D eigenvalue weighted by Crippen LogP contribution is 2.39. The molecule has 7 nitrogen and oxygen atoms in total. The number of para-hydroxylation sites is 1. The van der Waals surface area contributed by atoms with Crippen LogP contribution in [0.3, 0.4) is 0 Å². The fourth-order valence-electron chi connectivity index (χ4n) is 5.10. The topological polar surface area (TPSA) is 105 Å². The molecule has 7 heteroatoms. The van der Waals surface area contributed by atoms with Gasteiger partial charge in [-0.1, -0.05) is 18.6 Å². The molecule has 2 aliphatic rings. The Balaban J connectivity index is 1.51. The summed E-state index contributed by atoms with van der Waals surface area (Å²) in [4.78, 5) is 28.3. The summed E-state index contributed by atoms with van der Waals surface area (Å²) < 4.78 is 1.63. The molecule has 0 radical (unpaired) electrons. The molecule has 2 aliphatic carbocycles. The van der Waals surface area contributed by atoms with Gasteiger partial charge in [0.25, 0.3) is 11.5 Å². The van der Waals surface area contributed by atoms with Crippen LogP contribution in [-0.4, -0.2) is 32.6 Å². The second-order valence-electron chi connectivity index (χ2n) is 7.97. The van der Waals surface area contributed by atoms with Gasteiger partial charge in [-0.15, -0.1) is 0 Å². The summed E-state index contributed by atoms with van der Waals surface area (Å²) >= 11 is 0. The van der Waals surface area contributed by atoms with Crippen molar-refractivity contribution in [3.8, 4) is 0 Å². The molecule has 4 N–H and O–H groups in total. The van der Waals surface area contributed by atoms with Crippen molar-refractivity contribution in [2.45, 2.75) is 44.2 Å². The van der Waals surface area contributed by atoms with Crippen LogP contribution in [0.1, 0.15) is 42.5 Å². The maximum Gasteiger partial charge on any atom is 0.259 e. The van der Waals surface area contributed by atoms with Gasteiger partial charge >= 0.3 is 0 Å². The molecule has 27 heavy (non-hydrogen) atoms. The standard InChI is InChI=1S/C20H23N5O2/c21-13-8-11-4-3-5-12(9-13)17(11)23-20(27)15-10-22-25-16-7-2-1-6-14(16)19(26)24-18(15)25/h1-2,6-7,10-13,17H,3-5,8-9,21H2,(H,23,27)(H,24,26). The van der Waals surface area contributed by atoms with Crippen molar-refractivity contribution >= 4 is 22.5 Å². The largest absolute Gasteiger partial charge is 0.349 e. The SMILES string of the molecule is NC1CC2CCCC(C1)C2NC(=O)c1cnn2c1[nH]c(=O)c1ccccc12. The van der Waals surface area contributed by atoms with Gasteiger partial charge in [-0.05, 0) is 49.7 Å². The Hall–Kier alpha value is -2.67. The van der Waals surface area contributed by atoms with Gasteiger partial charge < -0.3 is 16.0 Å². The van der Waals surface area contributed by atoms with E-state index in [0.717, 1.165) is 25.7 Å². The number of nitrogens with zero attached hydrogens (tertiary/aromatic N) is 2. The number of aromatic nitrogens is 3. The third kappa shape index (κ3) is 2.65. The number of hydrogen-bond acceptors (Lipinski definition) is 4. The van der Waals surface area contributed by atoms with Crippen molar-refractivity contribution in [2.75, 3.05) is 0 Å². The third-order valence-corrected chi connectivity index (χ3v) is 6.30. The van der Waals surface area contributed by atoms with Crippen LogP contribution >= 0.6 is 0 Å². The van der Waals surface area contributed by atoms with E-state index in [1.54, 1.807) is 10.6 Å². The van der Waals surface area contributed by atoms with E-state index in [1.807, 2.05) is 18.2 Å². The molecular weight excluding hydrogens is 342 g/mol. The fourth-order valence-corrected chi connectivity index (χ4v) is 5.10.